The summed E-state index contributed by atoms with van der Waals surface area (Å²) in [6, 6.07) is 14.4. The Kier molecular flexibility index (Phi) is 3.54. The van der Waals surface area contributed by atoms with Gasteiger partial charge in [0.05, 0.1) is 24.0 Å². The number of nitrogens with one attached hydrogen (secondary N) is 2. The van der Waals surface area contributed by atoms with Crippen LogP contribution in [0.4, 0.5) is 11.4 Å². The molecule has 0 fully saturated rings. The lowest BCUT2D eigenvalue weighted by molar-refractivity contribution is 0.417. The molecule has 0 saturated heterocycles. The quantitative estimate of drug-likeness (QED) is 0.770. The van der Waals surface area contributed by atoms with Crippen molar-refractivity contribution in [3.8, 4) is 5.75 Å². The van der Waals surface area contributed by atoms with E-state index < -0.39 is 0 Å². The van der Waals surface area contributed by atoms with E-state index in [-0.39, 0.29) is 5.56 Å². The number of halogens is 1. The maximum absolute atomic E-state index is 11.8. The number of aromatic nitrogens is 1. The summed E-state index contributed by atoms with van der Waals surface area (Å²) in [4.78, 5) is 14.6. The third kappa shape index (κ3) is 2.71. The van der Waals surface area contributed by atoms with Crippen LogP contribution >= 0.6 is 11.6 Å². The second-order valence-electron chi connectivity index (χ2n) is 4.56. The van der Waals surface area contributed by atoms with Crippen molar-refractivity contribution in [1.82, 2.24) is 4.98 Å². The molecule has 2 aromatic carbocycles. The van der Waals surface area contributed by atoms with E-state index in [2.05, 4.69) is 10.3 Å². The van der Waals surface area contributed by atoms with Gasteiger partial charge in [-0.25, -0.2) is 0 Å². The van der Waals surface area contributed by atoms with Gasteiger partial charge in [-0.3, -0.25) is 4.79 Å². The Bertz CT molecular complexity index is 858. The highest BCUT2D eigenvalue weighted by Gasteiger charge is 2.08. The summed E-state index contributed by atoms with van der Waals surface area (Å²) in [5.41, 5.74) is 2.02. The van der Waals surface area contributed by atoms with Gasteiger partial charge in [-0.15, -0.1) is 0 Å². The Morgan fingerprint density at radius 1 is 1.10 bits per heavy atom. The zero-order valence-corrected chi connectivity index (χ0v) is 12.1. The van der Waals surface area contributed by atoms with Gasteiger partial charge in [-0.05, 0) is 24.3 Å². The van der Waals surface area contributed by atoms with Crippen LogP contribution in [0.1, 0.15) is 0 Å². The van der Waals surface area contributed by atoms with E-state index in [1.165, 1.54) is 6.07 Å². The fourth-order valence-corrected chi connectivity index (χ4v) is 2.40. The molecule has 5 heteroatoms. The van der Waals surface area contributed by atoms with Crippen molar-refractivity contribution in [1.29, 1.82) is 0 Å². The van der Waals surface area contributed by atoms with Gasteiger partial charge >= 0.3 is 0 Å². The standard InChI is InChI=1S/C16H13ClN2O2/c1-21-15-7-6-10(17)8-14(15)18-13-9-16(20)19-12-5-3-2-4-11(12)13/h2-9H,1H3,(H2,18,19,20). The van der Waals surface area contributed by atoms with Crippen LogP contribution in [0.15, 0.2) is 53.3 Å². The minimum atomic E-state index is -0.169. The maximum atomic E-state index is 11.8. The number of H-pyrrole nitrogens is 1. The lowest BCUT2D eigenvalue weighted by atomic mass is 10.1. The van der Waals surface area contributed by atoms with Gasteiger partial charge in [-0.1, -0.05) is 29.8 Å². The molecule has 1 aromatic heterocycles. The van der Waals surface area contributed by atoms with E-state index in [1.54, 1.807) is 25.3 Å². The maximum Gasteiger partial charge on any atom is 0.250 e. The van der Waals surface area contributed by atoms with E-state index in [0.29, 0.717) is 22.1 Å². The van der Waals surface area contributed by atoms with Gasteiger partial charge in [-0.2, -0.15) is 0 Å². The second-order valence-corrected chi connectivity index (χ2v) is 5.00. The van der Waals surface area contributed by atoms with Crippen molar-refractivity contribution < 1.29 is 4.74 Å². The molecule has 1 heterocycles. The first-order valence-corrected chi connectivity index (χ1v) is 6.78. The highest BCUT2D eigenvalue weighted by atomic mass is 35.5. The first kappa shape index (κ1) is 13.5. The topological polar surface area (TPSA) is 54.1 Å². The number of hydrogen-bond acceptors (Lipinski definition) is 3. The van der Waals surface area contributed by atoms with E-state index in [4.69, 9.17) is 16.3 Å². The van der Waals surface area contributed by atoms with Crippen LogP contribution in [0.25, 0.3) is 10.9 Å². The third-order valence-corrected chi connectivity index (χ3v) is 3.42. The first-order chi connectivity index (χ1) is 10.2. The number of rotatable bonds is 3. The molecule has 0 atom stereocenters. The number of para-hydroxylation sites is 1. The van der Waals surface area contributed by atoms with Gasteiger partial charge in [0, 0.05) is 16.5 Å². The van der Waals surface area contributed by atoms with Crippen LogP contribution < -0.4 is 15.6 Å². The van der Waals surface area contributed by atoms with E-state index in [9.17, 15) is 4.79 Å². The Hall–Kier alpha value is -2.46. The predicted molar refractivity (Wildman–Crippen MR) is 85.9 cm³/mol. The van der Waals surface area contributed by atoms with Crippen molar-refractivity contribution in [3.05, 3.63) is 63.9 Å². The van der Waals surface area contributed by atoms with Crippen molar-refractivity contribution in [3.63, 3.8) is 0 Å². The number of methoxy groups -OCH3 is 1. The highest BCUT2D eigenvalue weighted by Crippen LogP contribution is 2.32. The summed E-state index contributed by atoms with van der Waals surface area (Å²) < 4.78 is 5.31. The van der Waals surface area contributed by atoms with Crippen molar-refractivity contribution in [2.45, 2.75) is 0 Å². The zero-order chi connectivity index (χ0) is 14.8. The minimum Gasteiger partial charge on any atom is -0.495 e. The predicted octanol–water partition coefficient (Wildman–Crippen LogP) is 3.93. The fraction of sp³-hybridized carbons (Fsp3) is 0.0625. The Morgan fingerprint density at radius 3 is 2.71 bits per heavy atom. The summed E-state index contributed by atoms with van der Waals surface area (Å²) >= 11 is 6.03. The molecule has 0 aliphatic rings. The van der Waals surface area contributed by atoms with Crippen molar-refractivity contribution in [2.75, 3.05) is 12.4 Å². The number of fused-ring (bicyclic) bond motifs is 1. The Balaban J connectivity index is 2.14. The molecule has 4 nitrogen and oxygen atoms in total. The largest absolute Gasteiger partial charge is 0.495 e. The van der Waals surface area contributed by atoms with Crippen LogP contribution in [-0.2, 0) is 0 Å². The summed E-state index contributed by atoms with van der Waals surface area (Å²) in [6.45, 7) is 0. The number of aromatic amines is 1. The molecule has 3 rings (SSSR count). The summed E-state index contributed by atoms with van der Waals surface area (Å²) in [5, 5.41) is 4.72. The van der Waals surface area contributed by atoms with Gasteiger partial charge in [0.25, 0.3) is 0 Å². The van der Waals surface area contributed by atoms with E-state index in [1.807, 2.05) is 24.3 Å². The number of ether oxygens (including phenoxy) is 1. The van der Waals surface area contributed by atoms with Crippen molar-refractivity contribution in [2.24, 2.45) is 0 Å². The molecular weight excluding hydrogens is 288 g/mol. The Labute approximate surface area is 126 Å². The summed E-state index contributed by atoms with van der Waals surface area (Å²) in [5.74, 6) is 0.656. The SMILES string of the molecule is COc1ccc(Cl)cc1Nc1cc(=O)[nH]c2ccccc12. The Morgan fingerprint density at radius 2 is 1.90 bits per heavy atom. The van der Waals surface area contributed by atoms with Gasteiger partial charge in [0.2, 0.25) is 5.56 Å². The van der Waals surface area contributed by atoms with Crippen LogP contribution in [-0.4, -0.2) is 12.1 Å². The molecule has 106 valence electrons. The molecule has 0 bridgehead atoms. The molecular formula is C16H13ClN2O2. The third-order valence-electron chi connectivity index (χ3n) is 3.18. The number of benzene rings is 2. The molecule has 0 aliphatic heterocycles. The molecule has 0 aliphatic carbocycles. The average molecular weight is 301 g/mol. The van der Waals surface area contributed by atoms with Crippen LogP contribution in [0.2, 0.25) is 5.02 Å². The summed E-state index contributed by atoms with van der Waals surface area (Å²) in [6.07, 6.45) is 0. The zero-order valence-electron chi connectivity index (χ0n) is 11.3. The summed E-state index contributed by atoms with van der Waals surface area (Å²) in [7, 11) is 1.59. The molecule has 0 radical (unpaired) electrons. The van der Waals surface area contributed by atoms with Crippen LogP contribution in [0.5, 0.6) is 5.75 Å². The second kappa shape index (κ2) is 5.50. The normalized spacial score (nSPS) is 10.6. The smallest absolute Gasteiger partial charge is 0.250 e. The molecule has 0 unspecified atom stereocenters. The number of hydrogen-bond donors (Lipinski definition) is 2. The highest BCUT2D eigenvalue weighted by molar-refractivity contribution is 6.31. The number of anilines is 2. The monoisotopic (exact) mass is 300 g/mol. The lowest BCUT2D eigenvalue weighted by Crippen LogP contribution is -2.06. The molecule has 0 spiro atoms. The van der Waals surface area contributed by atoms with Gasteiger partial charge in [0.1, 0.15) is 5.75 Å². The van der Waals surface area contributed by atoms with Gasteiger partial charge < -0.3 is 15.0 Å². The van der Waals surface area contributed by atoms with Crippen LogP contribution in [0, 0.1) is 0 Å². The average Bonchev–Trinajstić information content (AvgIpc) is 2.47. The molecule has 3 aromatic rings. The van der Waals surface area contributed by atoms with Crippen LogP contribution in [0.3, 0.4) is 0 Å². The van der Waals surface area contributed by atoms with Gasteiger partial charge in [0.15, 0.2) is 0 Å². The van der Waals surface area contributed by atoms with Crippen molar-refractivity contribution >= 4 is 33.9 Å². The molecule has 0 saturated carbocycles. The first-order valence-electron chi connectivity index (χ1n) is 6.40. The molecule has 2 N–H and O–H groups in total. The molecule has 0 amide bonds. The van der Waals surface area contributed by atoms with E-state index >= 15 is 0 Å². The fourth-order valence-electron chi connectivity index (χ4n) is 2.23. The number of pyridine rings is 1. The minimum absolute atomic E-state index is 0.169. The lowest BCUT2D eigenvalue weighted by Gasteiger charge is -2.13. The molecule has 21 heavy (non-hydrogen) atoms. The van der Waals surface area contributed by atoms with E-state index in [0.717, 1.165) is 10.9 Å².